The lowest BCUT2D eigenvalue weighted by Gasteiger charge is -2.32. The number of ether oxygens (including phenoxy) is 2. The van der Waals surface area contributed by atoms with Gasteiger partial charge in [0, 0.05) is 19.6 Å². The topological polar surface area (TPSA) is 104 Å². The Hall–Kier alpha value is -2.41. The minimum Gasteiger partial charge on any atom is -0.386 e. The van der Waals surface area contributed by atoms with Crippen molar-refractivity contribution in [1.82, 2.24) is 0 Å². The molecule has 1 aliphatic carbocycles. The largest absolute Gasteiger partial charge is 0.386 e. The molecule has 22 heavy (non-hydrogen) atoms. The number of hydrogen-bond donors (Lipinski definition) is 1. The second-order valence-electron chi connectivity index (χ2n) is 5.70. The molecule has 0 radical (unpaired) electrons. The molecule has 1 aliphatic heterocycles. The van der Waals surface area contributed by atoms with Crippen LogP contribution in [-0.2, 0) is 14.9 Å². The Morgan fingerprint density at radius 1 is 1.09 bits per heavy atom. The zero-order valence-electron chi connectivity index (χ0n) is 12.6. The molecule has 1 aromatic carbocycles. The normalized spacial score (nSPS) is 37.6. The number of fused-ring (bicyclic) bond motifs is 1. The molecular weight excluding hydrogens is 280 g/mol. The van der Waals surface area contributed by atoms with E-state index in [-0.39, 0.29) is 5.84 Å². The van der Waals surface area contributed by atoms with E-state index in [1.165, 1.54) is 14.2 Å². The zero-order chi connectivity index (χ0) is 16.2. The Morgan fingerprint density at radius 2 is 1.68 bits per heavy atom. The van der Waals surface area contributed by atoms with E-state index in [9.17, 15) is 10.5 Å². The summed E-state index contributed by atoms with van der Waals surface area (Å²) in [7, 11) is 2.80. The van der Waals surface area contributed by atoms with E-state index in [2.05, 4.69) is 17.1 Å². The van der Waals surface area contributed by atoms with E-state index in [4.69, 9.17) is 15.2 Å². The van der Waals surface area contributed by atoms with E-state index in [0.29, 0.717) is 0 Å². The first kappa shape index (κ1) is 14.5. The summed E-state index contributed by atoms with van der Waals surface area (Å²) in [5.41, 5.74) is 3.43. The smallest absolute Gasteiger partial charge is 0.293 e. The second-order valence-corrected chi connectivity index (χ2v) is 5.70. The number of aliphatic imine (C=N–C) groups is 1. The van der Waals surface area contributed by atoms with Crippen LogP contribution in [0.25, 0.3) is 0 Å². The van der Waals surface area contributed by atoms with Crippen LogP contribution in [0.2, 0.25) is 0 Å². The maximum Gasteiger partial charge on any atom is 0.293 e. The quantitative estimate of drug-likeness (QED) is 0.846. The number of hydrogen-bond acceptors (Lipinski definition) is 6. The molecule has 1 fully saturated rings. The fraction of sp³-hybridized carbons (Fsp3) is 0.438. The first-order chi connectivity index (χ1) is 10.5. The highest BCUT2D eigenvalue weighted by Crippen LogP contribution is 2.85. The Morgan fingerprint density at radius 3 is 2.14 bits per heavy atom. The third-order valence-corrected chi connectivity index (χ3v) is 5.37. The molecule has 1 aromatic rings. The first-order valence-electron chi connectivity index (χ1n) is 6.82. The van der Waals surface area contributed by atoms with Crippen molar-refractivity contribution >= 4 is 5.84 Å². The third kappa shape index (κ3) is 1.03. The van der Waals surface area contributed by atoms with Gasteiger partial charge in [0.15, 0.2) is 10.8 Å². The van der Waals surface area contributed by atoms with Gasteiger partial charge in [-0.05, 0) is 5.56 Å². The van der Waals surface area contributed by atoms with Gasteiger partial charge in [-0.1, -0.05) is 37.3 Å². The van der Waals surface area contributed by atoms with Crippen molar-refractivity contribution in [2.75, 3.05) is 14.2 Å². The van der Waals surface area contributed by atoms with Crippen LogP contribution in [0.3, 0.4) is 0 Å². The van der Waals surface area contributed by atoms with Gasteiger partial charge < -0.3 is 15.2 Å². The summed E-state index contributed by atoms with van der Waals surface area (Å²) in [5, 5.41) is 19.9. The summed E-state index contributed by atoms with van der Waals surface area (Å²) in [6.45, 7) is 1.84. The maximum absolute atomic E-state index is 9.99. The van der Waals surface area contributed by atoms with Crippen molar-refractivity contribution in [3.8, 4) is 12.1 Å². The third-order valence-electron chi connectivity index (χ3n) is 5.37. The van der Waals surface area contributed by atoms with Gasteiger partial charge in [-0.3, -0.25) is 0 Å². The first-order valence-corrected chi connectivity index (χ1v) is 6.82. The number of nitrogens with two attached hydrogens (primary N) is 1. The highest BCUT2D eigenvalue weighted by Gasteiger charge is 2.99. The summed E-state index contributed by atoms with van der Waals surface area (Å²) in [6, 6.07) is 13.8. The molecule has 1 saturated carbocycles. The van der Waals surface area contributed by atoms with Crippen molar-refractivity contribution in [1.29, 1.82) is 10.5 Å². The molecule has 0 amide bonds. The van der Waals surface area contributed by atoms with Gasteiger partial charge in [-0.2, -0.15) is 10.5 Å². The summed E-state index contributed by atoms with van der Waals surface area (Å²) < 4.78 is 10.9. The number of benzene rings is 1. The second kappa shape index (κ2) is 4.07. The van der Waals surface area contributed by atoms with Crippen molar-refractivity contribution in [2.24, 2.45) is 21.6 Å². The minimum absolute atomic E-state index is 0.0756. The van der Waals surface area contributed by atoms with Crippen LogP contribution in [0.15, 0.2) is 35.3 Å². The van der Waals surface area contributed by atoms with E-state index >= 15 is 0 Å². The molecule has 6 heteroatoms. The summed E-state index contributed by atoms with van der Waals surface area (Å²) in [4.78, 5) is 4.20. The van der Waals surface area contributed by atoms with E-state index in [1.54, 1.807) is 0 Å². The molecular formula is C16H16N4O2. The van der Waals surface area contributed by atoms with Crippen LogP contribution >= 0.6 is 0 Å². The minimum atomic E-state index is -1.59. The fourth-order valence-corrected chi connectivity index (χ4v) is 4.25. The molecule has 112 valence electrons. The van der Waals surface area contributed by atoms with Crippen molar-refractivity contribution < 1.29 is 9.47 Å². The van der Waals surface area contributed by atoms with E-state index < -0.39 is 22.2 Å². The summed E-state index contributed by atoms with van der Waals surface area (Å²) >= 11 is 0. The lowest BCUT2D eigenvalue weighted by atomic mass is 9.84. The van der Waals surface area contributed by atoms with Crippen molar-refractivity contribution in [3.05, 3.63) is 35.9 Å². The average Bonchev–Trinajstić information content (AvgIpc) is 2.98. The molecule has 0 spiro atoms. The monoisotopic (exact) mass is 296 g/mol. The maximum atomic E-state index is 9.99. The van der Waals surface area contributed by atoms with Crippen molar-refractivity contribution in [2.45, 2.75) is 18.2 Å². The van der Waals surface area contributed by atoms with Gasteiger partial charge in [0.25, 0.3) is 5.91 Å². The van der Waals surface area contributed by atoms with Crippen LogP contribution in [-0.4, -0.2) is 26.0 Å². The van der Waals surface area contributed by atoms with Gasteiger partial charge in [0.05, 0.1) is 12.1 Å². The molecule has 0 saturated heterocycles. The van der Waals surface area contributed by atoms with Crippen LogP contribution < -0.4 is 5.73 Å². The Labute approximate surface area is 128 Å². The highest BCUT2D eigenvalue weighted by molar-refractivity contribution is 6.02. The number of methoxy groups -OCH3 is 2. The van der Waals surface area contributed by atoms with Crippen LogP contribution in [0.5, 0.6) is 0 Å². The van der Waals surface area contributed by atoms with Gasteiger partial charge in [-0.15, -0.1) is 0 Å². The van der Waals surface area contributed by atoms with Gasteiger partial charge >= 0.3 is 0 Å². The zero-order valence-corrected chi connectivity index (χ0v) is 12.6. The fourth-order valence-electron chi connectivity index (χ4n) is 4.25. The lowest BCUT2D eigenvalue weighted by Crippen LogP contribution is -2.44. The SMILES string of the molecule is COC1(OC)N=C(N)[C@@]2(C#N)[C@](C)(c3ccccc3)[C@@]12C#N. The summed E-state index contributed by atoms with van der Waals surface area (Å²) in [6.07, 6.45) is 0. The molecule has 0 aromatic heterocycles. The van der Waals surface area contributed by atoms with Gasteiger partial charge in [-0.25, -0.2) is 4.99 Å². The lowest BCUT2D eigenvalue weighted by molar-refractivity contribution is -0.233. The number of amidine groups is 1. The van der Waals surface area contributed by atoms with Crippen molar-refractivity contribution in [3.63, 3.8) is 0 Å². The van der Waals surface area contributed by atoms with Crippen LogP contribution in [0.4, 0.5) is 0 Å². The van der Waals surface area contributed by atoms with E-state index in [0.717, 1.165) is 5.56 Å². The Bertz CT molecular complexity index is 744. The molecule has 2 aliphatic rings. The average molecular weight is 296 g/mol. The molecule has 1 heterocycles. The molecule has 0 bridgehead atoms. The number of rotatable bonds is 3. The van der Waals surface area contributed by atoms with Gasteiger partial charge in [0.2, 0.25) is 0 Å². The van der Waals surface area contributed by atoms with E-state index in [1.807, 2.05) is 37.3 Å². The van der Waals surface area contributed by atoms with Crippen LogP contribution in [0, 0.1) is 33.5 Å². The Balaban J connectivity index is 2.36. The highest BCUT2D eigenvalue weighted by atomic mass is 16.7. The molecule has 3 atom stereocenters. The molecule has 2 N–H and O–H groups in total. The Kier molecular flexibility index (Phi) is 2.69. The molecule has 3 rings (SSSR count). The predicted molar refractivity (Wildman–Crippen MR) is 78.3 cm³/mol. The van der Waals surface area contributed by atoms with Crippen LogP contribution in [0.1, 0.15) is 12.5 Å². The molecule has 6 nitrogen and oxygen atoms in total. The number of nitriles is 2. The standard InChI is InChI=1S/C16H16N4O2/c1-13(11-7-5-4-6-8-11)14(9-17)12(19)20-16(21-2,22-3)15(13,14)10-18/h4-8H,1-3H3,(H2,19,20)/t13-,14-,15+/m0/s1. The predicted octanol–water partition coefficient (Wildman–Crippen LogP) is 1.30. The molecule has 0 unspecified atom stereocenters. The number of nitrogens with zero attached hydrogens (tertiary/aromatic N) is 3. The van der Waals surface area contributed by atoms with Gasteiger partial charge in [0.1, 0.15) is 5.84 Å². The summed E-state index contributed by atoms with van der Waals surface area (Å²) in [5.74, 6) is -1.52.